The number of aromatic amines is 3. The summed E-state index contributed by atoms with van der Waals surface area (Å²) in [4.78, 5) is 40.0. The number of hydrogen-bond donors (Lipinski definition) is 4. The molecule has 0 aromatic carbocycles. The lowest BCUT2D eigenvalue weighted by atomic mass is 10.3. The highest BCUT2D eigenvalue weighted by molar-refractivity contribution is 9.10. The summed E-state index contributed by atoms with van der Waals surface area (Å²) in [7, 11) is 0. The highest BCUT2D eigenvalue weighted by Gasteiger charge is 2.34. The number of nitrogens with zero attached hydrogens (tertiary/aromatic N) is 1. The molecule has 114 valence electrons. The van der Waals surface area contributed by atoms with Crippen LogP contribution in [0.5, 0.6) is 0 Å². The Labute approximate surface area is 121 Å². The molecule has 21 heavy (non-hydrogen) atoms. The van der Waals surface area contributed by atoms with Crippen LogP contribution in [0.2, 0.25) is 0 Å². The molecular weight excluding hydrogens is 363 g/mol. The molecule has 2 heterocycles. The molecule has 0 aliphatic heterocycles. The van der Waals surface area contributed by atoms with E-state index in [0.717, 1.165) is 0 Å². The van der Waals surface area contributed by atoms with Gasteiger partial charge in [0.1, 0.15) is 11.4 Å². The Bertz CT molecular complexity index is 794. The number of aromatic nitrogens is 4. The first-order valence-corrected chi connectivity index (χ1v) is 5.80. The second-order valence-electron chi connectivity index (χ2n) is 3.43. The molecule has 2 rings (SSSR count). The second kappa shape index (κ2) is 6.39. The summed E-state index contributed by atoms with van der Waals surface area (Å²) in [5.74, 6) is 0.301. The molecule has 2 aromatic rings. The van der Waals surface area contributed by atoms with Crippen molar-refractivity contribution in [1.82, 2.24) is 19.9 Å². The third kappa shape index (κ3) is 4.91. The Hall–Kier alpha value is -2.37. The van der Waals surface area contributed by atoms with Gasteiger partial charge in [-0.2, -0.15) is 13.2 Å². The normalized spacial score (nSPS) is 10.7. The van der Waals surface area contributed by atoms with Crippen LogP contribution in [-0.2, 0) is 6.18 Å². The first-order chi connectivity index (χ1) is 9.61. The Kier molecular flexibility index (Phi) is 5.07. The maximum Gasteiger partial charge on any atom is 0.423 e. The zero-order chi connectivity index (χ0) is 16.2. The summed E-state index contributed by atoms with van der Waals surface area (Å²) in [6.07, 6.45) is -3.05. The molecule has 0 saturated heterocycles. The van der Waals surface area contributed by atoms with E-state index in [-0.39, 0.29) is 0 Å². The van der Waals surface area contributed by atoms with Crippen molar-refractivity contribution in [1.29, 1.82) is 0 Å². The lowest BCUT2D eigenvalue weighted by Crippen LogP contribution is -2.28. The standard InChI is InChI=1S/C5H3F3N2O2.C4H4BrN3O/c6-5(7,8)2-1-9-4(12)10-3(2)11;5-2-1-7-4(9)8-3(2)6/h1H,(H2,9,10,11,12);1H,(H3,6,7,8,9). The summed E-state index contributed by atoms with van der Waals surface area (Å²) in [6.45, 7) is 0. The number of anilines is 1. The number of nitrogens with two attached hydrogens (primary N) is 1. The summed E-state index contributed by atoms with van der Waals surface area (Å²) in [5, 5.41) is 0. The van der Waals surface area contributed by atoms with Crippen molar-refractivity contribution >= 4 is 21.7 Å². The van der Waals surface area contributed by atoms with Crippen molar-refractivity contribution in [2.75, 3.05) is 5.73 Å². The van der Waals surface area contributed by atoms with Gasteiger partial charge >= 0.3 is 17.6 Å². The SMILES string of the molecule is Nc1[nH]c(=O)ncc1Br.O=c1[nH]cc(C(F)(F)F)c(=O)[nH]1. The number of rotatable bonds is 0. The van der Waals surface area contributed by atoms with Gasteiger partial charge in [-0.05, 0) is 15.9 Å². The summed E-state index contributed by atoms with van der Waals surface area (Å²) in [6, 6.07) is 0. The molecule has 0 aliphatic carbocycles. The molecule has 0 radical (unpaired) electrons. The van der Waals surface area contributed by atoms with Gasteiger partial charge in [-0.1, -0.05) is 0 Å². The molecule has 0 aliphatic rings. The average Bonchev–Trinajstić information content (AvgIpc) is 2.33. The predicted molar refractivity (Wildman–Crippen MR) is 69.7 cm³/mol. The van der Waals surface area contributed by atoms with Gasteiger partial charge in [0, 0.05) is 6.20 Å². The van der Waals surface area contributed by atoms with Crippen LogP contribution in [0, 0.1) is 0 Å². The third-order valence-electron chi connectivity index (χ3n) is 1.92. The van der Waals surface area contributed by atoms with Crippen molar-refractivity contribution < 1.29 is 13.2 Å². The molecule has 2 aromatic heterocycles. The minimum Gasteiger partial charge on any atom is -0.384 e. The maximum absolute atomic E-state index is 11.8. The van der Waals surface area contributed by atoms with Crippen molar-refractivity contribution in [2.24, 2.45) is 0 Å². The molecule has 0 saturated carbocycles. The van der Waals surface area contributed by atoms with E-state index >= 15 is 0 Å². The lowest BCUT2D eigenvalue weighted by molar-refractivity contribution is -0.139. The number of nitrogen functional groups attached to an aromatic ring is 1. The van der Waals surface area contributed by atoms with E-state index in [0.29, 0.717) is 16.5 Å². The van der Waals surface area contributed by atoms with Crippen molar-refractivity contribution in [3.63, 3.8) is 0 Å². The van der Waals surface area contributed by atoms with E-state index in [2.05, 4.69) is 25.9 Å². The summed E-state index contributed by atoms with van der Waals surface area (Å²) >= 11 is 3.07. The Morgan fingerprint density at radius 3 is 2.24 bits per heavy atom. The molecule has 0 bridgehead atoms. The Morgan fingerprint density at radius 1 is 1.19 bits per heavy atom. The van der Waals surface area contributed by atoms with Gasteiger partial charge in [0.25, 0.3) is 5.56 Å². The molecule has 0 fully saturated rings. The van der Waals surface area contributed by atoms with Crippen LogP contribution in [0.25, 0.3) is 0 Å². The highest BCUT2D eigenvalue weighted by Crippen LogP contribution is 2.24. The third-order valence-corrected chi connectivity index (χ3v) is 2.55. The zero-order valence-corrected chi connectivity index (χ0v) is 11.5. The first kappa shape index (κ1) is 16.7. The average molecular weight is 370 g/mol. The molecule has 12 heteroatoms. The van der Waals surface area contributed by atoms with E-state index in [1.54, 1.807) is 4.98 Å². The van der Waals surface area contributed by atoms with E-state index < -0.39 is 28.7 Å². The number of hydrogen-bond acceptors (Lipinski definition) is 5. The van der Waals surface area contributed by atoms with Crippen molar-refractivity contribution in [2.45, 2.75) is 6.18 Å². The van der Waals surface area contributed by atoms with Gasteiger partial charge in [0.2, 0.25) is 0 Å². The molecule has 0 amide bonds. The van der Waals surface area contributed by atoms with E-state index in [1.165, 1.54) is 11.2 Å². The quantitative estimate of drug-likeness (QED) is 0.525. The van der Waals surface area contributed by atoms with Crippen molar-refractivity contribution in [3.05, 3.63) is 53.8 Å². The van der Waals surface area contributed by atoms with Crippen LogP contribution in [0.3, 0.4) is 0 Å². The summed E-state index contributed by atoms with van der Waals surface area (Å²) < 4.78 is 36.1. The van der Waals surface area contributed by atoms with Gasteiger partial charge in [-0.25, -0.2) is 14.6 Å². The second-order valence-corrected chi connectivity index (χ2v) is 4.29. The number of halogens is 4. The predicted octanol–water partition coefficient (Wildman–Crippen LogP) is 0.197. The smallest absolute Gasteiger partial charge is 0.384 e. The first-order valence-electron chi connectivity index (χ1n) is 5.00. The fourth-order valence-corrected chi connectivity index (χ4v) is 1.21. The molecule has 5 N–H and O–H groups in total. The van der Waals surface area contributed by atoms with Gasteiger partial charge < -0.3 is 10.7 Å². The van der Waals surface area contributed by atoms with Crippen LogP contribution >= 0.6 is 15.9 Å². The van der Waals surface area contributed by atoms with Crippen LogP contribution in [0.4, 0.5) is 19.0 Å². The minimum atomic E-state index is -4.74. The highest BCUT2D eigenvalue weighted by atomic mass is 79.9. The Morgan fingerprint density at radius 2 is 1.81 bits per heavy atom. The van der Waals surface area contributed by atoms with Gasteiger partial charge in [-0.15, -0.1) is 0 Å². The molecular formula is C9H7BrF3N5O3. The number of H-pyrrole nitrogens is 3. The number of alkyl halides is 3. The van der Waals surface area contributed by atoms with Gasteiger partial charge in [0.15, 0.2) is 0 Å². The Balaban J connectivity index is 0.000000219. The largest absolute Gasteiger partial charge is 0.423 e. The number of nitrogens with one attached hydrogen (secondary N) is 3. The topological polar surface area (TPSA) is 137 Å². The van der Waals surface area contributed by atoms with Crippen LogP contribution in [0.15, 0.2) is 31.3 Å². The van der Waals surface area contributed by atoms with E-state index in [9.17, 15) is 27.6 Å². The summed E-state index contributed by atoms with van der Waals surface area (Å²) in [5.41, 5.74) is 1.03. The van der Waals surface area contributed by atoms with Gasteiger partial charge in [-0.3, -0.25) is 14.8 Å². The fourth-order valence-electron chi connectivity index (χ4n) is 1.01. The molecule has 0 atom stereocenters. The fraction of sp³-hybridized carbons (Fsp3) is 0.111. The van der Waals surface area contributed by atoms with E-state index in [4.69, 9.17) is 5.73 Å². The van der Waals surface area contributed by atoms with Crippen LogP contribution in [0.1, 0.15) is 5.56 Å². The van der Waals surface area contributed by atoms with Crippen molar-refractivity contribution in [3.8, 4) is 0 Å². The maximum atomic E-state index is 11.8. The van der Waals surface area contributed by atoms with Gasteiger partial charge in [0.05, 0.1) is 10.7 Å². The lowest BCUT2D eigenvalue weighted by Gasteiger charge is -2.02. The minimum absolute atomic E-state index is 0.301. The van der Waals surface area contributed by atoms with E-state index in [1.807, 2.05) is 0 Å². The van der Waals surface area contributed by atoms with Crippen LogP contribution in [-0.4, -0.2) is 19.9 Å². The molecule has 8 nitrogen and oxygen atoms in total. The molecule has 0 spiro atoms. The monoisotopic (exact) mass is 369 g/mol. The zero-order valence-electron chi connectivity index (χ0n) is 9.92. The van der Waals surface area contributed by atoms with Crippen LogP contribution < -0.4 is 22.7 Å². The molecule has 0 unspecified atom stereocenters.